The number of rotatable bonds is 5. The minimum absolute atomic E-state index is 0.00183. The van der Waals surface area contributed by atoms with Gasteiger partial charge in [-0.3, -0.25) is 9.36 Å². The molecule has 2 heterocycles. The second-order valence-electron chi connectivity index (χ2n) is 6.55. The monoisotopic (exact) mass is 430 g/mol. The Hall–Kier alpha value is -1.96. The quantitative estimate of drug-likeness (QED) is 0.596. The molecule has 1 N–H and O–H groups in total. The number of amides is 1. The van der Waals surface area contributed by atoms with Gasteiger partial charge in [0.25, 0.3) is 0 Å². The van der Waals surface area contributed by atoms with Crippen molar-refractivity contribution in [3.8, 4) is 5.69 Å². The smallest absolute Gasteiger partial charge is 0.230 e. The SMILES string of the molecule is Cc1ccc(-n2cnnc2SCC(=O)NC2CCSc3ccc(Cl)cc32)cc1. The summed E-state index contributed by atoms with van der Waals surface area (Å²) in [5.74, 6) is 1.24. The number of halogens is 1. The Morgan fingerprint density at radius 2 is 2.14 bits per heavy atom. The van der Waals surface area contributed by atoms with E-state index in [1.165, 1.54) is 22.2 Å². The Labute approximate surface area is 177 Å². The van der Waals surface area contributed by atoms with Crippen LogP contribution in [0.2, 0.25) is 5.02 Å². The molecule has 5 nitrogen and oxygen atoms in total. The fourth-order valence-corrected chi connectivity index (χ4v) is 5.11. The molecule has 4 rings (SSSR count). The molecule has 0 spiro atoms. The van der Waals surface area contributed by atoms with Crippen LogP contribution < -0.4 is 5.32 Å². The normalized spacial score (nSPS) is 15.9. The van der Waals surface area contributed by atoms with Gasteiger partial charge in [0.15, 0.2) is 5.16 Å². The number of hydrogen-bond donors (Lipinski definition) is 1. The zero-order chi connectivity index (χ0) is 19.5. The second-order valence-corrected chi connectivity index (χ2v) is 9.06. The van der Waals surface area contributed by atoms with Crippen molar-refractivity contribution in [1.29, 1.82) is 0 Å². The molecule has 1 amide bonds. The van der Waals surface area contributed by atoms with Crippen molar-refractivity contribution >= 4 is 41.0 Å². The molecular weight excluding hydrogens is 412 g/mol. The molecule has 1 aliphatic heterocycles. The van der Waals surface area contributed by atoms with E-state index in [1.54, 1.807) is 18.1 Å². The van der Waals surface area contributed by atoms with Gasteiger partial charge in [0.2, 0.25) is 5.91 Å². The van der Waals surface area contributed by atoms with Crippen LogP contribution in [0.3, 0.4) is 0 Å². The van der Waals surface area contributed by atoms with E-state index < -0.39 is 0 Å². The number of benzene rings is 2. The number of hydrogen-bond acceptors (Lipinski definition) is 5. The topological polar surface area (TPSA) is 59.8 Å². The molecule has 0 fully saturated rings. The van der Waals surface area contributed by atoms with E-state index in [1.807, 2.05) is 54.0 Å². The average Bonchev–Trinajstić information content (AvgIpc) is 3.16. The number of nitrogens with one attached hydrogen (secondary N) is 1. The van der Waals surface area contributed by atoms with Crippen LogP contribution in [-0.2, 0) is 4.79 Å². The first kappa shape index (κ1) is 19.4. The number of carbonyl (C=O) groups excluding carboxylic acids is 1. The highest BCUT2D eigenvalue weighted by Crippen LogP contribution is 2.37. The van der Waals surface area contributed by atoms with Gasteiger partial charge in [-0.05, 0) is 49.2 Å². The highest BCUT2D eigenvalue weighted by atomic mass is 35.5. The van der Waals surface area contributed by atoms with E-state index in [-0.39, 0.29) is 17.7 Å². The van der Waals surface area contributed by atoms with Gasteiger partial charge in [-0.2, -0.15) is 0 Å². The molecule has 1 aromatic heterocycles. The Bertz CT molecular complexity index is 990. The van der Waals surface area contributed by atoms with Gasteiger partial charge in [-0.1, -0.05) is 41.1 Å². The van der Waals surface area contributed by atoms with Crippen LogP contribution in [0, 0.1) is 6.92 Å². The van der Waals surface area contributed by atoms with Gasteiger partial charge in [0, 0.05) is 21.4 Å². The zero-order valence-corrected chi connectivity index (χ0v) is 17.7. The molecule has 144 valence electrons. The Kier molecular flexibility index (Phi) is 5.94. The van der Waals surface area contributed by atoms with Crippen molar-refractivity contribution in [3.05, 3.63) is 64.9 Å². The fraction of sp³-hybridized carbons (Fsp3) is 0.250. The van der Waals surface area contributed by atoms with Crippen molar-refractivity contribution in [3.63, 3.8) is 0 Å². The van der Waals surface area contributed by atoms with Gasteiger partial charge < -0.3 is 5.32 Å². The zero-order valence-electron chi connectivity index (χ0n) is 15.3. The van der Waals surface area contributed by atoms with E-state index in [0.29, 0.717) is 10.2 Å². The summed E-state index contributed by atoms with van der Waals surface area (Å²) in [5.41, 5.74) is 3.27. The first-order valence-corrected chi connectivity index (χ1v) is 11.3. The van der Waals surface area contributed by atoms with Crippen LogP contribution in [0.1, 0.15) is 23.6 Å². The van der Waals surface area contributed by atoms with Gasteiger partial charge in [-0.25, -0.2) is 0 Å². The van der Waals surface area contributed by atoms with Crippen LogP contribution in [0.15, 0.2) is 58.8 Å². The van der Waals surface area contributed by atoms with Gasteiger partial charge in [0.05, 0.1) is 11.8 Å². The predicted octanol–water partition coefficient (Wildman–Crippen LogP) is 4.67. The van der Waals surface area contributed by atoms with E-state index >= 15 is 0 Å². The third-order valence-corrected chi connectivity index (χ3v) is 6.81. The third kappa shape index (κ3) is 4.37. The number of thioether (sulfide) groups is 2. The number of fused-ring (bicyclic) bond motifs is 1. The largest absolute Gasteiger partial charge is 0.348 e. The van der Waals surface area contributed by atoms with Gasteiger partial charge in [-0.15, -0.1) is 22.0 Å². The standard InChI is InChI=1S/C20H19ClN4OS2/c1-13-2-5-15(6-3-13)25-12-22-24-20(25)28-11-19(26)23-17-8-9-27-18-7-4-14(21)10-16(17)18/h2-7,10,12,17H,8-9,11H2,1H3,(H,23,26). The highest BCUT2D eigenvalue weighted by Gasteiger charge is 2.23. The predicted molar refractivity (Wildman–Crippen MR) is 114 cm³/mol. The summed E-state index contributed by atoms with van der Waals surface area (Å²) in [7, 11) is 0. The molecule has 28 heavy (non-hydrogen) atoms. The molecular formula is C20H19ClN4OS2. The summed E-state index contributed by atoms with van der Waals surface area (Å²) in [6.45, 7) is 2.05. The number of aromatic nitrogens is 3. The summed E-state index contributed by atoms with van der Waals surface area (Å²) in [6, 6.07) is 14.0. The maximum Gasteiger partial charge on any atom is 0.230 e. The lowest BCUT2D eigenvalue weighted by Gasteiger charge is -2.26. The van der Waals surface area contributed by atoms with E-state index in [2.05, 4.69) is 15.5 Å². The maximum absolute atomic E-state index is 12.6. The van der Waals surface area contributed by atoms with Crippen molar-refractivity contribution in [2.45, 2.75) is 29.4 Å². The van der Waals surface area contributed by atoms with E-state index in [0.717, 1.165) is 23.4 Å². The van der Waals surface area contributed by atoms with Crippen molar-refractivity contribution in [1.82, 2.24) is 20.1 Å². The summed E-state index contributed by atoms with van der Waals surface area (Å²) in [5, 5.41) is 12.7. The molecule has 0 bridgehead atoms. The third-order valence-electron chi connectivity index (χ3n) is 4.51. The van der Waals surface area contributed by atoms with Crippen molar-refractivity contribution in [2.24, 2.45) is 0 Å². The van der Waals surface area contributed by atoms with Crippen LogP contribution in [-0.4, -0.2) is 32.2 Å². The molecule has 0 radical (unpaired) electrons. The molecule has 1 aliphatic rings. The van der Waals surface area contributed by atoms with E-state index in [4.69, 9.17) is 11.6 Å². The molecule has 1 unspecified atom stereocenters. The first-order chi connectivity index (χ1) is 13.6. The van der Waals surface area contributed by atoms with Crippen molar-refractivity contribution < 1.29 is 4.79 Å². The highest BCUT2D eigenvalue weighted by molar-refractivity contribution is 7.99. The molecule has 0 saturated carbocycles. The molecule has 0 aliphatic carbocycles. The summed E-state index contributed by atoms with van der Waals surface area (Å²) >= 11 is 9.33. The number of nitrogens with zero attached hydrogens (tertiary/aromatic N) is 3. The fourth-order valence-electron chi connectivity index (χ4n) is 3.09. The minimum atomic E-state index is -0.0220. The maximum atomic E-state index is 12.6. The second kappa shape index (κ2) is 8.59. The van der Waals surface area contributed by atoms with Gasteiger partial charge in [0.1, 0.15) is 6.33 Å². The Morgan fingerprint density at radius 3 is 2.96 bits per heavy atom. The van der Waals surface area contributed by atoms with Crippen LogP contribution in [0.5, 0.6) is 0 Å². The lowest BCUT2D eigenvalue weighted by atomic mass is 10.0. The van der Waals surface area contributed by atoms with Crippen molar-refractivity contribution in [2.75, 3.05) is 11.5 Å². The summed E-state index contributed by atoms with van der Waals surface area (Å²) in [4.78, 5) is 13.8. The lowest BCUT2D eigenvalue weighted by molar-refractivity contribution is -0.119. The van der Waals surface area contributed by atoms with E-state index in [9.17, 15) is 4.79 Å². The number of carbonyl (C=O) groups is 1. The first-order valence-electron chi connectivity index (χ1n) is 8.91. The summed E-state index contributed by atoms with van der Waals surface area (Å²) in [6.07, 6.45) is 2.56. The average molecular weight is 431 g/mol. The van der Waals surface area contributed by atoms with Crippen LogP contribution in [0.4, 0.5) is 0 Å². The number of aryl methyl sites for hydroxylation is 1. The Balaban J connectivity index is 1.41. The van der Waals surface area contributed by atoms with Gasteiger partial charge >= 0.3 is 0 Å². The molecule has 1 atom stereocenters. The van der Waals surface area contributed by atoms with Crippen LogP contribution >= 0.6 is 35.1 Å². The lowest BCUT2D eigenvalue weighted by Crippen LogP contribution is -2.32. The molecule has 3 aromatic rings. The minimum Gasteiger partial charge on any atom is -0.348 e. The Morgan fingerprint density at radius 1 is 1.32 bits per heavy atom. The molecule has 0 saturated heterocycles. The van der Waals surface area contributed by atoms with Crippen LogP contribution in [0.25, 0.3) is 5.69 Å². The molecule has 8 heteroatoms. The summed E-state index contributed by atoms with van der Waals surface area (Å²) < 4.78 is 1.89. The molecule has 2 aromatic carbocycles.